The fraction of sp³-hybridized carbons (Fsp3) is 0.684. The standard InChI is InChI=1S/C19H31NS/c1-14(2)10-16-6-8-17(9-7-16)15(3)20-18-11-19(4,5)13-21-12-18/h6-9,14-15,18,20H,10-13H2,1-5H3. The Balaban J connectivity index is 1.92. The summed E-state index contributed by atoms with van der Waals surface area (Å²) in [5.41, 5.74) is 3.34. The van der Waals surface area contributed by atoms with Crippen LogP contribution in [0.2, 0.25) is 0 Å². The first-order valence-electron chi connectivity index (χ1n) is 8.28. The molecule has 0 aromatic heterocycles. The first kappa shape index (κ1) is 16.9. The van der Waals surface area contributed by atoms with Crippen LogP contribution >= 0.6 is 11.8 Å². The topological polar surface area (TPSA) is 12.0 Å². The Morgan fingerprint density at radius 2 is 1.86 bits per heavy atom. The van der Waals surface area contributed by atoms with Gasteiger partial charge >= 0.3 is 0 Å². The molecule has 1 saturated heterocycles. The quantitative estimate of drug-likeness (QED) is 0.815. The van der Waals surface area contributed by atoms with Crippen molar-refractivity contribution in [3.05, 3.63) is 35.4 Å². The maximum atomic E-state index is 3.83. The van der Waals surface area contributed by atoms with Gasteiger partial charge in [-0.3, -0.25) is 0 Å². The summed E-state index contributed by atoms with van der Waals surface area (Å²) in [4.78, 5) is 0. The van der Waals surface area contributed by atoms with E-state index in [0.29, 0.717) is 17.5 Å². The van der Waals surface area contributed by atoms with Crippen LogP contribution in [0.3, 0.4) is 0 Å². The fourth-order valence-corrected chi connectivity index (χ4v) is 4.52. The van der Waals surface area contributed by atoms with Crippen LogP contribution in [-0.4, -0.2) is 17.5 Å². The van der Waals surface area contributed by atoms with E-state index in [1.165, 1.54) is 35.5 Å². The maximum absolute atomic E-state index is 3.83. The molecule has 0 amide bonds. The molecule has 1 N–H and O–H groups in total. The van der Waals surface area contributed by atoms with Gasteiger partial charge in [0.25, 0.3) is 0 Å². The number of nitrogens with one attached hydrogen (secondary N) is 1. The van der Waals surface area contributed by atoms with E-state index >= 15 is 0 Å². The summed E-state index contributed by atoms with van der Waals surface area (Å²) in [6.07, 6.45) is 2.46. The summed E-state index contributed by atoms with van der Waals surface area (Å²) < 4.78 is 0. The van der Waals surface area contributed by atoms with E-state index in [1.54, 1.807) is 0 Å². The van der Waals surface area contributed by atoms with Gasteiger partial charge in [-0.2, -0.15) is 11.8 Å². The predicted octanol–water partition coefficient (Wildman–Crippen LogP) is 5.07. The van der Waals surface area contributed by atoms with E-state index in [-0.39, 0.29) is 0 Å². The summed E-state index contributed by atoms with van der Waals surface area (Å²) in [7, 11) is 0. The van der Waals surface area contributed by atoms with E-state index < -0.39 is 0 Å². The lowest BCUT2D eigenvalue weighted by Crippen LogP contribution is -2.41. The minimum Gasteiger partial charge on any atom is -0.307 e. The van der Waals surface area contributed by atoms with Gasteiger partial charge in [0.05, 0.1) is 0 Å². The van der Waals surface area contributed by atoms with Crippen LogP contribution in [0.15, 0.2) is 24.3 Å². The molecule has 2 atom stereocenters. The minimum absolute atomic E-state index is 0.442. The van der Waals surface area contributed by atoms with Crippen LogP contribution < -0.4 is 5.32 Å². The van der Waals surface area contributed by atoms with E-state index in [0.717, 1.165) is 5.92 Å². The van der Waals surface area contributed by atoms with Gasteiger partial charge in [-0.25, -0.2) is 0 Å². The number of hydrogen-bond acceptors (Lipinski definition) is 2. The molecule has 0 saturated carbocycles. The van der Waals surface area contributed by atoms with Gasteiger partial charge in [-0.15, -0.1) is 0 Å². The monoisotopic (exact) mass is 305 g/mol. The largest absolute Gasteiger partial charge is 0.307 e. The number of thioether (sulfide) groups is 1. The first-order valence-corrected chi connectivity index (χ1v) is 9.44. The fourth-order valence-electron chi connectivity index (χ4n) is 3.23. The zero-order chi connectivity index (χ0) is 15.5. The van der Waals surface area contributed by atoms with Crippen molar-refractivity contribution < 1.29 is 0 Å². The van der Waals surface area contributed by atoms with E-state index in [4.69, 9.17) is 0 Å². The molecule has 1 aromatic carbocycles. The molecular weight excluding hydrogens is 274 g/mol. The van der Waals surface area contributed by atoms with Gasteiger partial charge in [0.15, 0.2) is 0 Å². The van der Waals surface area contributed by atoms with Crippen LogP contribution in [-0.2, 0) is 6.42 Å². The Kier molecular flexibility index (Phi) is 5.79. The molecule has 2 heteroatoms. The van der Waals surface area contributed by atoms with E-state index in [9.17, 15) is 0 Å². The van der Waals surface area contributed by atoms with Crippen LogP contribution in [0, 0.1) is 11.3 Å². The average molecular weight is 306 g/mol. The Bertz CT molecular complexity index is 435. The Labute approximate surface area is 135 Å². The summed E-state index contributed by atoms with van der Waals surface area (Å²) in [5, 5.41) is 3.83. The van der Waals surface area contributed by atoms with Crippen LogP contribution in [0.1, 0.15) is 58.2 Å². The van der Waals surface area contributed by atoms with E-state index in [1.807, 2.05) is 0 Å². The highest BCUT2D eigenvalue weighted by Gasteiger charge is 2.29. The molecule has 1 aromatic rings. The molecule has 21 heavy (non-hydrogen) atoms. The smallest absolute Gasteiger partial charge is 0.0294 e. The van der Waals surface area contributed by atoms with E-state index in [2.05, 4.69) is 76.0 Å². The molecule has 1 heterocycles. The molecular formula is C19H31NS. The summed E-state index contributed by atoms with van der Waals surface area (Å²) in [6.45, 7) is 11.6. The zero-order valence-electron chi connectivity index (χ0n) is 14.3. The molecule has 1 nitrogen and oxygen atoms in total. The van der Waals surface area contributed by atoms with Crippen molar-refractivity contribution in [1.82, 2.24) is 5.32 Å². The van der Waals surface area contributed by atoms with Crippen molar-refractivity contribution >= 4 is 11.8 Å². The average Bonchev–Trinajstić information content (AvgIpc) is 2.37. The molecule has 1 aliphatic rings. The van der Waals surface area contributed by atoms with Gasteiger partial charge in [0, 0.05) is 17.8 Å². The molecule has 118 valence electrons. The third-order valence-electron chi connectivity index (χ3n) is 4.22. The van der Waals surface area contributed by atoms with Crippen molar-refractivity contribution in [2.75, 3.05) is 11.5 Å². The first-order chi connectivity index (χ1) is 9.85. The lowest BCUT2D eigenvalue weighted by molar-refractivity contribution is 0.305. The second kappa shape index (κ2) is 7.19. The third-order valence-corrected chi connectivity index (χ3v) is 5.84. The van der Waals surface area contributed by atoms with Crippen molar-refractivity contribution in [1.29, 1.82) is 0 Å². The highest BCUT2D eigenvalue weighted by molar-refractivity contribution is 7.99. The summed E-state index contributed by atoms with van der Waals surface area (Å²) in [5.74, 6) is 3.27. The molecule has 1 aliphatic heterocycles. The highest BCUT2D eigenvalue weighted by atomic mass is 32.2. The second-order valence-corrected chi connectivity index (χ2v) is 8.84. The predicted molar refractivity (Wildman–Crippen MR) is 96.0 cm³/mol. The Morgan fingerprint density at radius 1 is 1.19 bits per heavy atom. The lowest BCUT2D eigenvalue weighted by atomic mass is 9.87. The van der Waals surface area contributed by atoms with Crippen LogP contribution in [0.25, 0.3) is 0 Å². The maximum Gasteiger partial charge on any atom is 0.0294 e. The number of hydrogen-bond donors (Lipinski definition) is 1. The van der Waals surface area contributed by atoms with Gasteiger partial charge < -0.3 is 5.32 Å². The molecule has 2 rings (SSSR count). The van der Waals surface area contributed by atoms with Crippen molar-refractivity contribution in [3.63, 3.8) is 0 Å². The van der Waals surface area contributed by atoms with Gasteiger partial charge in [0.1, 0.15) is 0 Å². The number of benzene rings is 1. The van der Waals surface area contributed by atoms with Gasteiger partial charge in [-0.1, -0.05) is 52.0 Å². The summed E-state index contributed by atoms with van der Waals surface area (Å²) >= 11 is 2.09. The molecule has 1 fully saturated rings. The highest BCUT2D eigenvalue weighted by Crippen LogP contribution is 2.34. The third kappa shape index (κ3) is 5.34. The van der Waals surface area contributed by atoms with Gasteiger partial charge in [0.2, 0.25) is 0 Å². The minimum atomic E-state index is 0.442. The van der Waals surface area contributed by atoms with Crippen molar-refractivity contribution in [2.24, 2.45) is 11.3 Å². The van der Waals surface area contributed by atoms with Crippen LogP contribution in [0.5, 0.6) is 0 Å². The zero-order valence-corrected chi connectivity index (χ0v) is 15.1. The lowest BCUT2D eigenvalue weighted by Gasteiger charge is -2.36. The Hall–Kier alpha value is -0.470. The molecule has 0 radical (unpaired) electrons. The molecule has 0 aliphatic carbocycles. The van der Waals surface area contributed by atoms with Gasteiger partial charge in [-0.05, 0) is 48.0 Å². The SMILES string of the molecule is CC(C)Cc1ccc(C(C)NC2CSCC(C)(C)C2)cc1. The summed E-state index contributed by atoms with van der Waals surface area (Å²) in [6, 6.07) is 10.3. The van der Waals surface area contributed by atoms with Crippen LogP contribution in [0.4, 0.5) is 0 Å². The van der Waals surface area contributed by atoms with Crippen molar-refractivity contribution in [2.45, 2.75) is 59.5 Å². The Morgan fingerprint density at radius 3 is 2.43 bits per heavy atom. The normalized spacial score (nSPS) is 23.2. The second-order valence-electron chi connectivity index (χ2n) is 7.81. The molecule has 0 spiro atoms. The van der Waals surface area contributed by atoms with Crippen molar-refractivity contribution in [3.8, 4) is 0 Å². The number of rotatable bonds is 5. The molecule has 0 bridgehead atoms. The molecule has 2 unspecified atom stereocenters.